The van der Waals surface area contributed by atoms with Crippen molar-refractivity contribution in [2.75, 3.05) is 27.2 Å². The summed E-state index contributed by atoms with van der Waals surface area (Å²) in [4.78, 5) is 2.20. The second kappa shape index (κ2) is 6.44. The molecule has 0 aliphatic rings. The van der Waals surface area contributed by atoms with Crippen LogP contribution in [0.2, 0.25) is 0 Å². The summed E-state index contributed by atoms with van der Waals surface area (Å²) in [6.45, 7) is 1.95. The lowest BCUT2D eigenvalue weighted by atomic mass is 10.3. The number of nitrogens with zero attached hydrogens (tertiary/aromatic N) is 1. The van der Waals surface area contributed by atoms with Crippen molar-refractivity contribution in [3.8, 4) is 5.75 Å². The zero-order valence-corrected chi connectivity index (χ0v) is 9.07. The number of unbranched alkanes of at least 4 members (excludes halogenated alkanes) is 1. The molecule has 2 heteroatoms. The number of benzene rings is 1. The van der Waals surface area contributed by atoms with Crippen LogP contribution in [0.1, 0.15) is 12.8 Å². The summed E-state index contributed by atoms with van der Waals surface area (Å²) in [7, 11) is 4.19. The largest absolute Gasteiger partial charge is 0.494 e. The number of ether oxygens (including phenoxy) is 1. The highest BCUT2D eigenvalue weighted by atomic mass is 16.5. The average Bonchev–Trinajstić information content (AvgIpc) is 2.18. The van der Waals surface area contributed by atoms with E-state index in [0.717, 1.165) is 25.3 Å². The van der Waals surface area contributed by atoms with Crippen LogP contribution in [0.4, 0.5) is 0 Å². The van der Waals surface area contributed by atoms with Crippen molar-refractivity contribution in [3.63, 3.8) is 0 Å². The maximum Gasteiger partial charge on any atom is 0.119 e. The van der Waals surface area contributed by atoms with Crippen LogP contribution in [0.15, 0.2) is 30.3 Å². The van der Waals surface area contributed by atoms with E-state index in [1.807, 2.05) is 30.3 Å². The Balaban J connectivity index is 2.05. The fourth-order valence-corrected chi connectivity index (χ4v) is 1.24. The molecule has 78 valence electrons. The van der Waals surface area contributed by atoms with Crippen molar-refractivity contribution in [2.24, 2.45) is 0 Å². The van der Waals surface area contributed by atoms with Gasteiger partial charge in [0, 0.05) is 0 Å². The molecule has 0 N–H and O–H groups in total. The van der Waals surface area contributed by atoms with E-state index in [1.54, 1.807) is 0 Å². The van der Waals surface area contributed by atoms with Gasteiger partial charge < -0.3 is 9.64 Å². The monoisotopic (exact) mass is 193 g/mol. The van der Waals surface area contributed by atoms with Crippen molar-refractivity contribution in [1.82, 2.24) is 4.90 Å². The lowest BCUT2D eigenvalue weighted by Crippen LogP contribution is -2.13. The molecule has 0 bridgehead atoms. The minimum Gasteiger partial charge on any atom is -0.494 e. The van der Waals surface area contributed by atoms with Crippen LogP contribution in [-0.4, -0.2) is 32.1 Å². The highest BCUT2D eigenvalue weighted by molar-refractivity contribution is 5.20. The molecule has 0 aliphatic heterocycles. The maximum atomic E-state index is 5.57. The molecule has 0 unspecified atom stereocenters. The SMILES string of the molecule is CN(C)CCCCOc1ccccc1. The van der Waals surface area contributed by atoms with E-state index in [9.17, 15) is 0 Å². The van der Waals surface area contributed by atoms with Gasteiger partial charge in [0.2, 0.25) is 0 Å². The van der Waals surface area contributed by atoms with Crippen molar-refractivity contribution in [1.29, 1.82) is 0 Å². The molecule has 1 aromatic carbocycles. The molecular formula is C12H19NO. The predicted octanol–water partition coefficient (Wildman–Crippen LogP) is 2.41. The maximum absolute atomic E-state index is 5.57. The van der Waals surface area contributed by atoms with Crippen LogP contribution in [0, 0.1) is 0 Å². The fourth-order valence-electron chi connectivity index (χ4n) is 1.24. The summed E-state index contributed by atoms with van der Waals surface area (Å²) >= 11 is 0. The van der Waals surface area contributed by atoms with E-state index in [0.29, 0.717) is 0 Å². The first-order valence-electron chi connectivity index (χ1n) is 5.11. The second-order valence-corrected chi connectivity index (χ2v) is 3.67. The Morgan fingerprint density at radius 1 is 1.07 bits per heavy atom. The lowest BCUT2D eigenvalue weighted by molar-refractivity contribution is 0.293. The summed E-state index contributed by atoms with van der Waals surface area (Å²) < 4.78 is 5.57. The van der Waals surface area contributed by atoms with Crippen LogP contribution < -0.4 is 4.74 Å². The van der Waals surface area contributed by atoms with E-state index in [4.69, 9.17) is 4.74 Å². The Bertz CT molecular complexity index is 233. The quantitative estimate of drug-likeness (QED) is 0.643. The van der Waals surface area contributed by atoms with Gasteiger partial charge >= 0.3 is 0 Å². The minimum atomic E-state index is 0.817. The number of rotatable bonds is 6. The van der Waals surface area contributed by atoms with E-state index in [-0.39, 0.29) is 0 Å². The van der Waals surface area contributed by atoms with Gasteiger partial charge in [-0.05, 0) is 45.6 Å². The van der Waals surface area contributed by atoms with Crippen molar-refractivity contribution in [3.05, 3.63) is 30.3 Å². The zero-order valence-electron chi connectivity index (χ0n) is 9.07. The molecular weight excluding hydrogens is 174 g/mol. The fraction of sp³-hybridized carbons (Fsp3) is 0.500. The lowest BCUT2D eigenvalue weighted by Gasteiger charge is -2.09. The molecule has 1 aromatic rings. The predicted molar refractivity (Wildman–Crippen MR) is 59.7 cm³/mol. The van der Waals surface area contributed by atoms with Gasteiger partial charge in [0.25, 0.3) is 0 Å². The van der Waals surface area contributed by atoms with E-state index < -0.39 is 0 Å². The van der Waals surface area contributed by atoms with Crippen LogP contribution in [0.25, 0.3) is 0 Å². The van der Waals surface area contributed by atoms with Crippen molar-refractivity contribution >= 4 is 0 Å². The van der Waals surface area contributed by atoms with Gasteiger partial charge in [-0.25, -0.2) is 0 Å². The summed E-state index contributed by atoms with van der Waals surface area (Å²) in [5.41, 5.74) is 0. The molecule has 2 nitrogen and oxygen atoms in total. The third-order valence-electron chi connectivity index (χ3n) is 2.01. The van der Waals surface area contributed by atoms with E-state index in [1.165, 1.54) is 6.42 Å². The van der Waals surface area contributed by atoms with Crippen molar-refractivity contribution in [2.45, 2.75) is 12.8 Å². The normalized spacial score (nSPS) is 10.5. The average molecular weight is 193 g/mol. The number of hydrogen-bond donors (Lipinski definition) is 0. The zero-order chi connectivity index (χ0) is 10.2. The Morgan fingerprint density at radius 2 is 1.79 bits per heavy atom. The summed E-state index contributed by atoms with van der Waals surface area (Å²) in [5.74, 6) is 0.970. The molecule has 0 fully saturated rings. The molecule has 0 radical (unpaired) electrons. The van der Waals surface area contributed by atoms with Gasteiger partial charge in [-0.1, -0.05) is 18.2 Å². The minimum absolute atomic E-state index is 0.817. The van der Waals surface area contributed by atoms with Crippen LogP contribution in [0.3, 0.4) is 0 Å². The molecule has 0 aliphatic carbocycles. The van der Waals surface area contributed by atoms with Crippen LogP contribution >= 0.6 is 0 Å². The Hall–Kier alpha value is -1.02. The molecule has 0 atom stereocenters. The Morgan fingerprint density at radius 3 is 2.43 bits per heavy atom. The molecule has 1 rings (SSSR count). The van der Waals surface area contributed by atoms with Gasteiger partial charge in [0.1, 0.15) is 5.75 Å². The standard InChI is InChI=1S/C12H19NO/c1-13(2)10-6-7-11-14-12-8-4-3-5-9-12/h3-5,8-9H,6-7,10-11H2,1-2H3. The number of para-hydroxylation sites is 1. The molecule has 0 heterocycles. The van der Waals surface area contributed by atoms with Gasteiger partial charge in [-0.2, -0.15) is 0 Å². The first-order chi connectivity index (χ1) is 6.79. The van der Waals surface area contributed by atoms with Crippen LogP contribution in [0.5, 0.6) is 5.75 Å². The van der Waals surface area contributed by atoms with Crippen LogP contribution in [-0.2, 0) is 0 Å². The number of hydrogen-bond acceptors (Lipinski definition) is 2. The third-order valence-corrected chi connectivity index (χ3v) is 2.01. The molecule has 0 aromatic heterocycles. The van der Waals surface area contributed by atoms with E-state index in [2.05, 4.69) is 19.0 Å². The molecule has 14 heavy (non-hydrogen) atoms. The first kappa shape index (κ1) is 11.1. The van der Waals surface area contributed by atoms with Gasteiger partial charge in [-0.3, -0.25) is 0 Å². The van der Waals surface area contributed by atoms with Crippen molar-refractivity contribution < 1.29 is 4.74 Å². The van der Waals surface area contributed by atoms with E-state index >= 15 is 0 Å². The summed E-state index contributed by atoms with van der Waals surface area (Å²) in [5, 5.41) is 0. The Kier molecular flexibility index (Phi) is 5.08. The molecule has 0 spiro atoms. The van der Waals surface area contributed by atoms with Gasteiger partial charge in [0.05, 0.1) is 6.61 Å². The summed E-state index contributed by atoms with van der Waals surface area (Å²) in [6, 6.07) is 9.97. The first-order valence-corrected chi connectivity index (χ1v) is 5.11. The third kappa shape index (κ3) is 4.87. The highest BCUT2D eigenvalue weighted by Gasteiger charge is 1.93. The highest BCUT2D eigenvalue weighted by Crippen LogP contribution is 2.08. The van der Waals surface area contributed by atoms with Gasteiger partial charge in [0.15, 0.2) is 0 Å². The molecule has 0 saturated heterocycles. The molecule has 0 amide bonds. The smallest absolute Gasteiger partial charge is 0.119 e. The van der Waals surface area contributed by atoms with Gasteiger partial charge in [-0.15, -0.1) is 0 Å². The second-order valence-electron chi connectivity index (χ2n) is 3.67. The topological polar surface area (TPSA) is 12.5 Å². The molecule has 0 saturated carbocycles. The summed E-state index contributed by atoms with van der Waals surface area (Å²) in [6.07, 6.45) is 2.31. The Labute approximate surface area is 86.5 Å².